The van der Waals surface area contributed by atoms with Crippen LogP contribution in [0, 0.1) is 5.92 Å². The number of ether oxygens (including phenoxy) is 1. The second kappa shape index (κ2) is 9.23. The summed E-state index contributed by atoms with van der Waals surface area (Å²) >= 11 is 0. The van der Waals surface area contributed by atoms with Gasteiger partial charge >= 0.3 is 11.9 Å². The molecule has 0 radical (unpaired) electrons. The third kappa shape index (κ3) is 4.86. The number of carboxylic acids is 1. The fourth-order valence-electron chi connectivity index (χ4n) is 2.68. The molecule has 4 heteroatoms. The summed E-state index contributed by atoms with van der Waals surface area (Å²) in [4.78, 5) is 23.6. The van der Waals surface area contributed by atoms with Crippen LogP contribution in [0.5, 0.6) is 0 Å². The minimum Gasteiger partial charge on any atom is -0.478 e. The highest BCUT2D eigenvalue weighted by atomic mass is 16.5. The van der Waals surface area contributed by atoms with E-state index in [1.165, 1.54) is 12.1 Å². The van der Waals surface area contributed by atoms with Crippen LogP contribution in [0.3, 0.4) is 0 Å². The first-order valence-corrected chi connectivity index (χ1v) is 8.08. The Morgan fingerprint density at radius 2 is 1.73 bits per heavy atom. The van der Waals surface area contributed by atoms with Crippen molar-refractivity contribution in [3.8, 4) is 0 Å². The van der Waals surface area contributed by atoms with Crippen LogP contribution in [-0.4, -0.2) is 23.1 Å². The number of rotatable bonds is 9. The Morgan fingerprint density at radius 1 is 1.09 bits per heavy atom. The van der Waals surface area contributed by atoms with Crippen molar-refractivity contribution < 1.29 is 19.4 Å². The SMILES string of the molecule is CCCCC(CC)C(CC)OC(=O)c1ccccc1C(=O)O. The fraction of sp³-hybridized carbons (Fsp3) is 0.556. The minimum absolute atomic E-state index is 0.0102. The molecular formula is C18H26O4. The van der Waals surface area contributed by atoms with Gasteiger partial charge in [0.05, 0.1) is 11.1 Å². The van der Waals surface area contributed by atoms with Crippen LogP contribution in [-0.2, 0) is 4.74 Å². The molecule has 1 N–H and O–H groups in total. The number of benzene rings is 1. The molecule has 122 valence electrons. The monoisotopic (exact) mass is 306 g/mol. The quantitative estimate of drug-likeness (QED) is 0.680. The zero-order valence-electron chi connectivity index (χ0n) is 13.7. The van der Waals surface area contributed by atoms with E-state index in [0.29, 0.717) is 5.92 Å². The number of esters is 1. The Balaban J connectivity index is 2.87. The second-order valence-corrected chi connectivity index (χ2v) is 5.51. The highest BCUT2D eigenvalue weighted by molar-refractivity contribution is 6.02. The van der Waals surface area contributed by atoms with Crippen LogP contribution in [0.15, 0.2) is 24.3 Å². The Labute approximate surface area is 132 Å². The number of carboxylic acid groups (broad SMARTS) is 1. The van der Waals surface area contributed by atoms with Gasteiger partial charge in [0.1, 0.15) is 6.10 Å². The number of carbonyl (C=O) groups excluding carboxylic acids is 1. The molecule has 0 bridgehead atoms. The van der Waals surface area contributed by atoms with Crippen LogP contribution in [0.2, 0.25) is 0 Å². The van der Waals surface area contributed by atoms with E-state index in [2.05, 4.69) is 13.8 Å². The Kier molecular flexibility index (Phi) is 7.64. The molecule has 0 aliphatic carbocycles. The van der Waals surface area contributed by atoms with Gasteiger partial charge in [-0.3, -0.25) is 0 Å². The summed E-state index contributed by atoms with van der Waals surface area (Å²) in [5.41, 5.74) is 0.114. The first kappa shape index (κ1) is 18.2. The molecule has 2 atom stereocenters. The van der Waals surface area contributed by atoms with E-state index in [1.54, 1.807) is 12.1 Å². The maximum atomic E-state index is 12.3. The third-order valence-electron chi connectivity index (χ3n) is 4.02. The van der Waals surface area contributed by atoms with Crippen molar-refractivity contribution in [1.29, 1.82) is 0 Å². The van der Waals surface area contributed by atoms with Gasteiger partial charge < -0.3 is 9.84 Å². The van der Waals surface area contributed by atoms with Crippen molar-refractivity contribution >= 4 is 11.9 Å². The first-order chi connectivity index (χ1) is 10.5. The molecule has 1 aromatic carbocycles. The van der Waals surface area contributed by atoms with Crippen LogP contribution >= 0.6 is 0 Å². The lowest BCUT2D eigenvalue weighted by Gasteiger charge is -2.25. The topological polar surface area (TPSA) is 63.6 Å². The van der Waals surface area contributed by atoms with Crippen molar-refractivity contribution in [2.24, 2.45) is 5.92 Å². The Bertz CT molecular complexity index is 496. The van der Waals surface area contributed by atoms with E-state index in [9.17, 15) is 9.59 Å². The molecule has 0 saturated carbocycles. The van der Waals surface area contributed by atoms with Gasteiger partial charge in [0.25, 0.3) is 0 Å². The zero-order chi connectivity index (χ0) is 16.5. The van der Waals surface area contributed by atoms with Crippen LogP contribution in [0.4, 0.5) is 0 Å². The summed E-state index contributed by atoms with van der Waals surface area (Å²) in [7, 11) is 0. The van der Waals surface area contributed by atoms with E-state index in [1.807, 2.05) is 6.92 Å². The lowest BCUT2D eigenvalue weighted by atomic mass is 9.91. The van der Waals surface area contributed by atoms with Crippen LogP contribution in [0.1, 0.15) is 73.6 Å². The average molecular weight is 306 g/mol. The highest BCUT2D eigenvalue weighted by Gasteiger charge is 2.24. The van der Waals surface area contributed by atoms with Crippen molar-refractivity contribution in [3.05, 3.63) is 35.4 Å². The minimum atomic E-state index is -1.11. The molecule has 0 amide bonds. The number of carbonyl (C=O) groups is 2. The van der Waals surface area contributed by atoms with Crippen molar-refractivity contribution in [3.63, 3.8) is 0 Å². The number of unbranched alkanes of at least 4 members (excludes halogenated alkanes) is 1. The lowest BCUT2D eigenvalue weighted by molar-refractivity contribution is 0.00986. The molecule has 0 fully saturated rings. The van der Waals surface area contributed by atoms with Gasteiger partial charge in [0, 0.05) is 0 Å². The van der Waals surface area contributed by atoms with Gasteiger partial charge in [0.15, 0.2) is 0 Å². The van der Waals surface area contributed by atoms with Gasteiger partial charge in [-0.25, -0.2) is 9.59 Å². The van der Waals surface area contributed by atoms with Gasteiger partial charge in [0.2, 0.25) is 0 Å². The molecular weight excluding hydrogens is 280 g/mol. The predicted octanol–water partition coefficient (Wildman–Crippen LogP) is 4.54. The summed E-state index contributed by atoms with van der Waals surface area (Å²) in [6.45, 7) is 6.24. The molecule has 22 heavy (non-hydrogen) atoms. The van der Waals surface area contributed by atoms with E-state index in [4.69, 9.17) is 9.84 Å². The van der Waals surface area contributed by atoms with E-state index in [0.717, 1.165) is 32.1 Å². The standard InChI is InChI=1S/C18H26O4/c1-4-7-10-13(5-2)16(6-3)22-18(21)15-12-9-8-11-14(15)17(19)20/h8-9,11-13,16H,4-7,10H2,1-3H3,(H,19,20). The molecule has 0 aromatic heterocycles. The smallest absolute Gasteiger partial charge is 0.339 e. The van der Waals surface area contributed by atoms with E-state index >= 15 is 0 Å². The Hall–Kier alpha value is -1.84. The average Bonchev–Trinajstić information content (AvgIpc) is 2.53. The molecule has 1 aromatic rings. The van der Waals surface area contributed by atoms with Crippen LogP contribution in [0.25, 0.3) is 0 Å². The summed E-state index contributed by atoms with van der Waals surface area (Å²) in [5, 5.41) is 9.17. The maximum absolute atomic E-state index is 12.3. The molecule has 0 spiro atoms. The summed E-state index contributed by atoms with van der Waals surface area (Å²) in [6, 6.07) is 6.19. The van der Waals surface area contributed by atoms with E-state index < -0.39 is 11.9 Å². The highest BCUT2D eigenvalue weighted by Crippen LogP contribution is 2.23. The summed E-state index contributed by atoms with van der Waals surface area (Å²) < 4.78 is 5.62. The second-order valence-electron chi connectivity index (χ2n) is 5.51. The predicted molar refractivity (Wildman–Crippen MR) is 86.2 cm³/mol. The van der Waals surface area contributed by atoms with Crippen LogP contribution < -0.4 is 0 Å². The van der Waals surface area contributed by atoms with Gasteiger partial charge in [-0.15, -0.1) is 0 Å². The van der Waals surface area contributed by atoms with E-state index in [-0.39, 0.29) is 17.2 Å². The van der Waals surface area contributed by atoms with Crippen molar-refractivity contribution in [2.75, 3.05) is 0 Å². The molecule has 4 nitrogen and oxygen atoms in total. The fourth-order valence-corrected chi connectivity index (χ4v) is 2.68. The number of aromatic carboxylic acids is 1. The molecule has 0 heterocycles. The molecule has 2 unspecified atom stereocenters. The molecule has 0 aliphatic heterocycles. The molecule has 0 aliphatic rings. The first-order valence-electron chi connectivity index (χ1n) is 8.08. The van der Waals surface area contributed by atoms with Gasteiger partial charge in [-0.2, -0.15) is 0 Å². The number of hydrogen-bond acceptors (Lipinski definition) is 3. The maximum Gasteiger partial charge on any atom is 0.339 e. The van der Waals surface area contributed by atoms with Crippen molar-refractivity contribution in [1.82, 2.24) is 0 Å². The lowest BCUT2D eigenvalue weighted by Crippen LogP contribution is -2.27. The molecule has 1 rings (SSSR count). The normalized spacial score (nSPS) is 13.4. The largest absolute Gasteiger partial charge is 0.478 e. The van der Waals surface area contributed by atoms with Gasteiger partial charge in [-0.1, -0.05) is 45.7 Å². The summed E-state index contributed by atoms with van der Waals surface area (Å²) in [5.74, 6) is -1.33. The van der Waals surface area contributed by atoms with Crippen molar-refractivity contribution in [2.45, 2.75) is 59.0 Å². The number of hydrogen-bond donors (Lipinski definition) is 1. The third-order valence-corrected chi connectivity index (χ3v) is 4.02. The summed E-state index contributed by atoms with van der Waals surface area (Å²) in [6.07, 6.45) is 4.78. The zero-order valence-corrected chi connectivity index (χ0v) is 13.7. The Morgan fingerprint density at radius 3 is 2.23 bits per heavy atom. The van der Waals surface area contributed by atoms with Gasteiger partial charge in [-0.05, 0) is 37.3 Å². The molecule has 0 saturated heterocycles.